The molecule has 3 heteroatoms. The fourth-order valence-corrected chi connectivity index (χ4v) is 2.33. The van der Waals surface area contributed by atoms with Crippen molar-refractivity contribution in [3.05, 3.63) is 30.1 Å². The molecule has 0 radical (unpaired) electrons. The third-order valence-electron chi connectivity index (χ3n) is 1.24. The van der Waals surface area contributed by atoms with Gasteiger partial charge in [-0.1, -0.05) is 6.07 Å². The van der Waals surface area contributed by atoms with Gasteiger partial charge in [0, 0.05) is 18.1 Å². The predicted molar refractivity (Wildman–Crippen MR) is 56.4 cm³/mol. The molecule has 0 aliphatic carbocycles. The van der Waals surface area contributed by atoms with Gasteiger partial charge in [0.25, 0.3) is 0 Å². The summed E-state index contributed by atoms with van der Waals surface area (Å²) in [4.78, 5) is 4.05. The minimum atomic E-state index is -0.723. The van der Waals surface area contributed by atoms with E-state index in [1.54, 1.807) is 6.20 Å². The molecule has 1 heterocycles. The van der Waals surface area contributed by atoms with Crippen LogP contribution in [0.4, 0.5) is 0 Å². The number of aromatic nitrogens is 1. The summed E-state index contributed by atoms with van der Waals surface area (Å²) in [5, 5.41) is 0. The summed E-state index contributed by atoms with van der Waals surface area (Å²) in [5.41, 5.74) is 1.28. The van der Waals surface area contributed by atoms with E-state index < -0.39 is 9.06 Å². The molecule has 0 amide bonds. The fourth-order valence-electron chi connectivity index (χ4n) is 0.891. The topological polar surface area (TPSA) is 12.9 Å². The van der Waals surface area contributed by atoms with Crippen molar-refractivity contribution in [1.29, 1.82) is 0 Å². The highest BCUT2D eigenvalue weighted by Crippen LogP contribution is 2.47. The highest BCUT2D eigenvalue weighted by atomic mass is 33.1. The summed E-state index contributed by atoms with van der Waals surface area (Å²) in [7, 11) is -0.723. The van der Waals surface area contributed by atoms with Crippen LogP contribution in [0.2, 0.25) is 0 Å². The van der Waals surface area contributed by atoms with Crippen molar-refractivity contribution in [2.24, 2.45) is 0 Å². The van der Waals surface area contributed by atoms with E-state index in [1.807, 2.05) is 12.3 Å². The van der Waals surface area contributed by atoms with E-state index in [0.717, 1.165) is 5.75 Å². The molecule has 0 unspecified atom stereocenters. The van der Waals surface area contributed by atoms with Crippen LogP contribution in [0.1, 0.15) is 5.56 Å². The average Bonchev–Trinajstić information content (AvgIpc) is 1.85. The van der Waals surface area contributed by atoms with Crippen LogP contribution in [0.3, 0.4) is 0 Å². The first-order valence-electron chi connectivity index (χ1n) is 3.40. The van der Waals surface area contributed by atoms with Gasteiger partial charge in [-0.25, -0.2) is 0 Å². The lowest BCUT2D eigenvalue weighted by Crippen LogP contribution is -1.91. The molecule has 0 atom stereocenters. The Morgan fingerprint density at radius 2 is 2.27 bits per heavy atom. The third-order valence-corrected chi connectivity index (χ3v) is 2.67. The molecule has 0 bridgehead atoms. The second-order valence-corrected chi connectivity index (χ2v) is 9.20. The van der Waals surface area contributed by atoms with Crippen LogP contribution in [-0.4, -0.2) is 17.5 Å². The van der Waals surface area contributed by atoms with Crippen LogP contribution in [0.25, 0.3) is 0 Å². The SMILES string of the molecule is CS(C)(S)Cc1cccnc1. The van der Waals surface area contributed by atoms with E-state index in [-0.39, 0.29) is 0 Å². The second-order valence-electron chi connectivity index (χ2n) is 2.99. The zero-order chi connectivity index (χ0) is 8.32. The van der Waals surface area contributed by atoms with Gasteiger partial charge in [-0.05, 0) is 24.1 Å². The van der Waals surface area contributed by atoms with Crippen LogP contribution in [0.15, 0.2) is 24.5 Å². The van der Waals surface area contributed by atoms with Gasteiger partial charge in [-0.3, -0.25) is 4.98 Å². The van der Waals surface area contributed by atoms with E-state index in [1.165, 1.54) is 5.56 Å². The Kier molecular flexibility index (Phi) is 2.84. The van der Waals surface area contributed by atoms with Crippen molar-refractivity contribution in [3.63, 3.8) is 0 Å². The Labute approximate surface area is 74.4 Å². The van der Waals surface area contributed by atoms with Gasteiger partial charge in [0.1, 0.15) is 0 Å². The van der Waals surface area contributed by atoms with Crippen LogP contribution >= 0.6 is 20.7 Å². The molecule has 62 valence electrons. The van der Waals surface area contributed by atoms with Crippen LogP contribution in [0.5, 0.6) is 0 Å². The van der Waals surface area contributed by atoms with Gasteiger partial charge in [0.15, 0.2) is 0 Å². The number of nitrogens with zero attached hydrogens (tertiary/aromatic N) is 1. The molecular weight excluding hydrogens is 174 g/mol. The van der Waals surface area contributed by atoms with Crippen LogP contribution in [-0.2, 0) is 5.75 Å². The molecule has 0 aliphatic heterocycles. The van der Waals surface area contributed by atoms with E-state index in [9.17, 15) is 0 Å². The fraction of sp³-hybridized carbons (Fsp3) is 0.375. The molecule has 0 aliphatic rings. The van der Waals surface area contributed by atoms with Gasteiger partial charge in [0.05, 0.1) is 0 Å². The van der Waals surface area contributed by atoms with Crippen molar-refractivity contribution in [2.75, 3.05) is 12.5 Å². The molecule has 1 nitrogen and oxygen atoms in total. The normalized spacial score (nSPS) is 13.0. The molecule has 0 saturated carbocycles. The zero-order valence-electron chi connectivity index (χ0n) is 6.82. The third kappa shape index (κ3) is 3.68. The molecule has 0 N–H and O–H groups in total. The van der Waals surface area contributed by atoms with E-state index in [0.29, 0.717) is 0 Å². The second kappa shape index (κ2) is 3.50. The minimum Gasteiger partial charge on any atom is -0.264 e. The Morgan fingerprint density at radius 3 is 2.73 bits per heavy atom. The summed E-state index contributed by atoms with van der Waals surface area (Å²) < 4.78 is 0. The number of hydrogen-bond donors (Lipinski definition) is 1. The quantitative estimate of drug-likeness (QED) is 0.554. The van der Waals surface area contributed by atoms with Gasteiger partial charge < -0.3 is 0 Å². The Bertz CT molecular complexity index is 215. The Morgan fingerprint density at radius 1 is 1.55 bits per heavy atom. The van der Waals surface area contributed by atoms with Crippen molar-refractivity contribution in [1.82, 2.24) is 4.98 Å². The summed E-state index contributed by atoms with van der Waals surface area (Å²) >= 11 is 4.52. The Balaban J connectivity index is 2.66. The molecule has 0 spiro atoms. The van der Waals surface area contributed by atoms with E-state index in [4.69, 9.17) is 0 Å². The van der Waals surface area contributed by atoms with Gasteiger partial charge >= 0.3 is 0 Å². The molecule has 1 aromatic rings. The number of thiol groups is 1. The van der Waals surface area contributed by atoms with Crippen LogP contribution < -0.4 is 0 Å². The number of pyridine rings is 1. The molecule has 1 aromatic heterocycles. The van der Waals surface area contributed by atoms with Crippen LogP contribution in [0, 0.1) is 0 Å². The molecule has 1 rings (SSSR count). The molecule has 11 heavy (non-hydrogen) atoms. The van der Waals surface area contributed by atoms with Crippen molar-refractivity contribution in [3.8, 4) is 0 Å². The first-order chi connectivity index (χ1) is 5.08. The monoisotopic (exact) mass is 187 g/mol. The average molecular weight is 187 g/mol. The first kappa shape index (κ1) is 8.94. The highest BCUT2D eigenvalue weighted by molar-refractivity contribution is 8.87. The molecule has 0 aromatic carbocycles. The first-order valence-corrected chi connectivity index (χ1v) is 7.07. The highest BCUT2D eigenvalue weighted by Gasteiger charge is 2.05. The number of rotatable bonds is 2. The summed E-state index contributed by atoms with van der Waals surface area (Å²) in [5.74, 6) is 1.05. The van der Waals surface area contributed by atoms with Crippen molar-refractivity contribution < 1.29 is 0 Å². The van der Waals surface area contributed by atoms with Gasteiger partial charge in [-0.15, -0.1) is 11.7 Å². The lowest BCUT2D eigenvalue weighted by molar-refractivity contribution is 1.25. The number of hydrogen-bond acceptors (Lipinski definition) is 2. The zero-order valence-corrected chi connectivity index (χ0v) is 8.53. The lowest BCUT2D eigenvalue weighted by Gasteiger charge is -2.23. The van der Waals surface area contributed by atoms with E-state index >= 15 is 0 Å². The van der Waals surface area contributed by atoms with Gasteiger partial charge in [0.2, 0.25) is 0 Å². The van der Waals surface area contributed by atoms with Crippen molar-refractivity contribution in [2.45, 2.75) is 5.75 Å². The lowest BCUT2D eigenvalue weighted by atomic mass is 10.3. The van der Waals surface area contributed by atoms with Gasteiger partial charge in [-0.2, -0.15) is 9.06 Å². The smallest absolute Gasteiger partial charge is 0.0307 e. The molecular formula is C8H13NS2. The maximum Gasteiger partial charge on any atom is 0.0307 e. The van der Waals surface area contributed by atoms with Crippen molar-refractivity contribution >= 4 is 20.7 Å². The maximum atomic E-state index is 4.52. The Hall–Kier alpha value is -0.150. The largest absolute Gasteiger partial charge is 0.264 e. The minimum absolute atomic E-state index is 0.723. The standard InChI is InChI=1S/C8H13NS2/c1-11(2,10)7-8-4-3-5-9-6-8/h3-6,10H,7H2,1-2H3. The molecule has 0 saturated heterocycles. The summed E-state index contributed by atoms with van der Waals surface area (Å²) in [6.07, 6.45) is 8.07. The summed E-state index contributed by atoms with van der Waals surface area (Å²) in [6, 6.07) is 4.06. The maximum absolute atomic E-state index is 4.52. The van der Waals surface area contributed by atoms with E-state index in [2.05, 4.69) is 35.2 Å². The summed E-state index contributed by atoms with van der Waals surface area (Å²) in [6.45, 7) is 0. The predicted octanol–water partition coefficient (Wildman–Crippen LogP) is 2.49. The molecule has 0 fully saturated rings.